The highest BCUT2D eigenvalue weighted by molar-refractivity contribution is 5.97. The van der Waals surface area contributed by atoms with Crippen molar-refractivity contribution in [1.82, 2.24) is 0 Å². The van der Waals surface area contributed by atoms with E-state index in [0.29, 0.717) is 23.6 Å². The van der Waals surface area contributed by atoms with Crippen LogP contribution in [0.2, 0.25) is 0 Å². The maximum Gasteiger partial charge on any atom is 0.223 e. The third kappa shape index (κ3) is 4.30. The molecule has 0 atom stereocenters. The number of nitrogens with two attached hydrogens (primary N) is 3. The van der Waals surface area contributed by atoms with Crippen LogP contribution in [0.5, 0.6) is 5.75 Å². The Morgan fingerprint density at radius 3 is 2.53 bits per heavy atom. The van der Waals surface area contributed by atoms with Gasteiger partial charge in [-0.2, -0.15) is 4.99 Å². The zero-order chi connectivity index (χ0) is 14.4. The molecule has 1 aromatic carbocycles. The molecule has 0 bridgehead atoms. The second kappa shape index (κ2) is 6.39. The van der Waals surface area contributed by atoms with Crippen molar-refractivity contribution in [2.45, 2.75) is 13.8 Å². The number of carbonyl (C=O) groups excluding carboxylic acids is 1. The highest BCUT2D eigenvalue weighted by Crippen LogP contribution is 2.29. The molecule has 0 aromatic heterocycles. The molecule has 0 amide bonds. The Kier molecular flexibility index (Phi) is 4.87. The molecule has 0 saturated carbocycles. The summed E-state index contributed by atoms with van der Waals surface area (Å²) in [5.74, 6) is 0.116. The first-order chi connectivity index (χ1) is 8.93. The topological polar surface area (TPSA) is 129 Å². The molecule has 0 saturated heterocycles. The third-order valence-corrected chi connectivity index (χ3v) is 2.14. The van der Waals surface area contributed by atoms with E-state index in [9.17, 15) is 4.79 Å². The number of carbonyl (C=O) groups is 1. The fourth-order valence-corrected chi connectivity index (χ4v) is 1.38. The summed E-state index contributed by atoms with van der Waals surface area (Å²) >= 11 is 0. The SMILES string of the molecule is CCOc1ccc(C(C)=O)cc1N=C(N)N=C(N)N. The van der Waals surface area contributed by atoms with Crippen LogP contribution in [0.3, 0.4) is 0 Å². The standard InChI is InChI=1S/C12H17N5O2/c1-3-19-10-5-4-8(7(2)18)6-9(10)16-12(15)17-11(13)14/h4-6H,3H2,1-2H3,(H6,13,14,15,16,17). The van der Waals surface area contributed by atoms with E-state index in [1.165, 1.54) is 6.92 Å². The van der Waals surface area contributed by atoms with Gasteiger partial charge >= 0.3 is 0 Å². The normalized spacial score (nSPS) is 10.9. The van der Waals surface area contributed by atoms with E-state index in [1.807, 2.05) is 6.92 Å². The van der Waals surface area contributed by atoms with E-state index < -0.39 is 0 Å². The summed E-state index contributed by atoms with van der Waals surface area (Å²) in [6.07, 6.45) is 0. The van der Waals surface area contributed by atoms with E-state index in [2.05, 4.69) is 9.98 Å². The van der Waals surface area contributed by atoms with Crippen LogP contribution in [0.1, 0.15) is 24.2 Å². The molecule has 0 aliphatic heterocycles. The lowest BCUT2D eigenvalue weighted by molar-refractivity contribution is 0.101. The van der Waals surface area contributed by atoms with E-state index in [4.69, 9.17) is 21.9 Å². The van der Waals surface area contributed by atoms with E-state index >= 15 is 0 Å². The molecule has 102 valence electrons. The van der Waals surface area contributed by atoms with Gasteiger partial charge in [0.15, 0.2) is 11.7 Å². The first kappa shape index (κ1) is 14.5. The number of aliphatic imine (C=N–C) groups is 2. The third-order valence-electron chi connectivity index (χ3n) is 2.14. The first-order valence-electron chi connectivity index (χ1n) is 5.65. The predicted molar refractivity (Wildman–Crippen MR) is 74.7 cm³/mol. The maximum atomic E-state index is 11.3. The molecule has 1 rings (SSSR count). The summed E-state index contributed by atoms with van der Waals surface area (Å²) in [7, 11) is 0. The summed E-state index contributed by atoms with van der Waals surface area (Å²) in [5.41, 5.74) is 16.9. The fourth-order valence-electron chi connectivity index (χ4n) is 1.38. The van der Waals surface area contributed by atoms with Crippen LogP contribution in [0.25, 0.3) is 0 Å². The van der Waals surface area contributed by atoms with Crippen LogP contribution >= 0.6 is 0 Å². The zero-order valence-corrected chi connectivity index (χ0v) is 10.9. The van der Waals surface area contributed by atoms with Crippen molar-refractivity contribution in [1.29, 1.82) is 0 Å². The second-order valence-electron chi connectivity index (χ2n) is 3.68. The van der Waals surface area contributed by atoms with Gasteiger partial charge in [-0.15, -0.1) is 0 Å². The van der Waals surface area contributed by atoms with Crippen molar-refractivity contribution >= 4 is 23.4 Å². The molecule has 0 aliphatic carbocycles. The van der Waals surface area contributed by atoms with Gasteiger partial charge in [-0.1, -0.05) is 0 Å². The number of benzene rings is 1. The van der Waals surface area contributed by atoms with Crippen molar-refractivity contribution in [3.8, 4) is 5.75 Å². The fraction of sp³-hybridized carbons (Fsp3) is 0.250. The molecule has 0 heterocycles. The molecule has 0 fully saturated rings. The van der Waals surface area contributed by atoms with Gasteiger partial charge in [0.1, 0.15) is 11.4 Å². The summed E-state index contributed by atoms with van der Waals surface area (Å²) in [5, 5.41) is 0. The minimum Gasteiger partial charge on any atom is -0.492 e. The summed E-state index contributed by atoms with van der Waals surface area (Å²) in [6, 6.07) is 4.88. The van der Waals surface area contributed by atoms with Crippen molar-refractivity contribution in [2.75, 3.05) is 6.61 Å². The Hall–Kier alpha value is -2.57. The number of ether oxygens (including phenoxy) is 1. The number of hydrogen-bond donors (Lipinski definition) is 3. The minimum absolute atomic E-state index is 0.0834. The Morgan fingerprint density at radius 1 is 1.32 bits per heavy atom. The number of ketones is 1. The van der Waals surface area contributed by atoms with Crippen molar-refractivity contribution in [3.63, 3.8) is 0 Å². The number of nitrogens with zero attached hydrogens (tertiary/aromatic N) is 2. The van der Waals surface area contributed by atoms with E-state index in [-0.39, 0.29) is 17.7 Å². The Morgan fingerprint density at radius 2 is 2.00 bits per heavy atom. The number of hydrogen-bond acceptors (Lipinski definition) is 3. The molecule has 7 heteroatoms. The van der Waals surface area contributed by atoms with Crippen LogP contribution < -0.4 is 21.9 Å². The van der Waals surface area contributed by atoms with Crippen LogP contribution in [-0.4, -0.2) is 24.3 Å². The molecule has 7 nitrogen and oxygen atoms in total. The van der Waals surface area contributed by atoms with Crippen LogP contribution in [-0.2, 0) is 0 Å². The van der Waals surface area contributed by atoms with Crippen molar-refractivity contribution in [2.24, 2.45) is 27.2 Å². The predicted octanol–water partition coefficient (Wildman–Crippen LogP) is 0.508. The van der Waals surface area contributed by atoms with Crippen molar-refractivity contribution in [3.05, 3.63) is 23.8 Å². The van der Waals surface area contributed by atoms with E-state index in [0.717, 1.165) is 0 Å². The second-order valence-corrected chi connectivity index (χ2v) is 3.68. The van der Waals surface area contributed by atoms with Gasteiger partial charge in [0, 0.05) is 5.56 Å². The summed E-state index contributed by atoms with van der Waals surface area (Å²) in [4.78, 5) is 19.0. The van der Waals surface area contributed by atoms with Gasteiger partial charge in [-0.3, -0.25) is 4.79 Å². The highest BCUT2D eigenvalue weighted by Gasteiger charge is 2.07. The van der Waals surface area contributed by atoms with Crippen molar-refractivity contribution < 1.29 is 9.53 Å². The average Bonchev–Trinajstić information content (AvgIpc) is 2.30. The van der Waals surface area contributed by atoms with Gasteiger partial charge in [-0.05, 0) is 32.0 Å². The smallest absolute Gasteiger partial charge is 0.223 e. The Labute approximate surface area is 111 Å². The number of Topliss-reactive ketones (excluding diaryl/α,β-unsaturated/α-hetero) is 1. The quantitative estimate of drug-likeness (QED) is 0.414. The highest BCUT2D eigenvalue weighted by atomic mass is 16.5. The lowest BCUT2D eigenvalue weighted by atomic mass is 10.1. The Bertz CT molecular complexity index is 533. The Balaban J connectivity index is 3.24. The molecule has 0 aliphatic rings. The maximum absolute atomic E-state index is 11.3. The monoisotopic (exact) mass is 263 g/mol. The number of rotatable bonds is 4. The zero-order valence-electron chi connectivity index (χ0n) is 10.9. The number of guanidine groups is 2. The van der Waals surface area contributed by atoms with Gasteiger partial charge < -0.3 is 21.9 Å². The van der Waals surface area contributed by atoms with Gasteiger partial charge in [-0.25, -0.2) is 4.99 Å². The average molecular weight is 263 g/mol. The first-order valence-corrected chi connectivity index (χ1v) is 5.65. The largest absolute Gasteiger partial charge is 0.492 e. The minimum atomic E-state index is -0.193. The summed E-state index contributed by atoms with van der Waals surface area (Å²) < 4.78 is 5.39. The molecule has 19 heavy (non-hydrogen) atoms. The van der Waals surface area contributed by atoms with Crippen LogP contribution in [0.15, 0.2) is 28.2 Å². The van der Waals surface area contributed by atoms with Gasteiger partial charge in [0.25, 0.3) is 0 Å². The van der Waals surface area contributed by atoms with Crippen LogP contribution in [0, 0.1) is 0 Å². The molecular weight excluding hydrogens is 246 g/mol. The molecular formula is C12H17N5O2. The lowest BCUT2D eigenvalue weighted by Gasteiger charge is -2.08. The molecule has 1 aromatic rings. The summed E-state index contributed by atoms with van der Waals surface area (Å²) in [6.45, 7) is 3.76. The van der Waals surface area contributed by atoms with Gasteiger partial charge in [0.05, 0.1) is 6.61 Å². The molecule has 0 radical (unpaired) electrons. The molecule has 0 unspecified atom stereocenters. The van der Waals surface area contributed by atoms with Gasteiger partial charge in [0.2, 0.25) is 5.96 Å². The lowest BCUT2D eigenvalue weighted by Crippen LogP contribution is -2.26. The molecule has 6 N–H and O–H groups in total. The molecule has 0 spiro atoms. The van der Waals surface area contributed by atoms with E-state index in [1.54, 1.807) is 18.2 Å². The van der Waals surface area contributed by atoms with Crippen LogP contribution in [0.4, 0.5) is 5.69 Å².